The molecule has 0 bridgehead atoms. The fourth-order valence-corrected chi connectivity index (χ4v) is 4.42. The standard InChI is InChI=1S/C18H36N10O6S2/c19-9(3-1-5-27-17(23)24)13(29)33-15(31)11(21)7-35-36-8-12(22)16(32)34-14(30)10(20)4-2-6-28-18(25)26/h9-12H,1-8,19-22H2,(H4,23,24,27)(H4,25,26,28)/t9-,10-,11-,12-/m0/s1. The van der Waals surface area contributed by atoms with Gasteiger partial charge in [0, 0.05) is 24.6 Å². The first-order valence-electron chi connectivity index (χ1n) is 10.8. The number of hydrogen-bond acceptors (Lipinski definition) is 14. The van der Waals surface area contributed by atoms with Crippen molar-refractivity contribution in [1.29, 1.82) is 10.8 Å². The highest BCUT2D eigenvalue weighted by Crippen LogP contribution is 2.22. The van der Waals surface area contributed by atoms with E-state index in [0.29, 0.717) is 25.9 Å². The summed E-state index contributed by atoms with van der Waals surface area (Å²) in [6.07, 6.45) is 1.29. The molecule has 0 amide bonds. The van der Waals surface area contributed by atoms with E-state index in [9.17, 15) is 19.2 Å². The smallest absolute Gasteiger partial charge is 0.331 e. The van der Waals surface area contributed by atoms with Crippen LogP contribution >= 0.6 is 21.6 Å². The number of ether oxygens (including phenoxy) is 2. The van der Waals surface area contributed by atoms with Crippen LogP contribution in [0.25, 0.3) is 0 Å². The van der Waals surface area contributed by atoms with Gasteiger partial charge in [0.1, 0.15) is 24.2 Å². The molecule has 0 aliphatic rings. The molecule has 0 aromatic heterocycles. The number of guanidine groups is 2. The second kappa shape index (κ2) is 18.6. The van der Waals surface area contributed by atoms with Gasteiger partial charge in [-0.05, 0) is 25.7 Å². The summed E-state index contributed by atoms with van der Waals surface area (Å²) in [7, 11) is 2.22. The number of esters is 4. The fourth-order valence-electron chi connectivity index (χ4n) is 2.21. The third kappa shape index (κ3) is 16.1. The minimum atomic E-state index is -1.13. The summed E-state index contributed by atoms with van der Waals surface area (Å²) in [6, 6.07) is -4.32. The third-order valence-corrected chi connectivity index (χ3v) is 6.68. The van der Waals surface area contributed by atoms with E-state index >= 15 is 0 Å². The predicted molar refractivity (Wildman–Crippen MR) is 137 cm³/mol. The van der Waals surface area contributed by atoms with Crippen LogP contribution in [0.5, 0.6) is 0 Å². The Morgan fingerprint density at radius 1 is 0.639 bits per heavy atom. The van der Waals surface area contributed by atoms with Crippen LogP contribution in [0.4, 0.5) is 0 Å². The van der Waals surface area contributed by atoms with Crippen molar-refractivity contribution < 1.29 is 28.7 Å². The molecule has 18 heteroatoms. The molecule has 0 unspecified atom stereocenters. The van der Waals surface area contributed by atoms with Gasteiger partial charge in [0.15, 0.2) is 11.9 Å². The summed E-state index contributed by atoms with van der Waals surface area (Å²) >= 11 is 0. The van der Waals surface area contributed by atoms with Crippen LogP contribution < -0.4 is 45.0 Å². The van der Waals surface area contributed by atoms with Gasteiger partial charge in [0.25, 0.3) is 0 Å². The minimum Gasteiger partial charge on any atom is -0.391 e. The zero-order valence-electron chi connectivity index (χ0n) is 19.7. The molecule has 36 heavy (non-hydrogen) atoms. The first-order valence-corrected chi connectivity index (χ1v) is 13.3. The molecule has 0 rings (SSSR count). The molecule has 0 aliphatic heterocycles. The van der Waals surface area contributed by atoms with E-state index < -0.39 is 48.0 Å². The van der Waals surface area contributed by atoms with Crippen LogP contribution in [0.15, 0.2) is 0 Å². The van der Waals surface area contributed by atoms with Crippen molar-refractivity contribution in [1.82, 2.24) is 10.6 Å². The predicted octanol–water partition coefficient (Wildman–Crippen LogP) is -3.66. The van der Waals surface area contributed by atoms with Crippen molar-refractivity contribution in [2.75, 3.05) is 24.6 Å². The van der Waals surface area contributed by atoms with E-state index in [1.165, 1.54) is 0 Å². The third-order valence-electron chi connectivity index (χ3n) is 4.21. The van der Waals surface area contributed by atoms with Gasteiger partial charge in [-0.1, -0.05) is 21.6 Å². The summed E-state index contributed by atoms with van der Waals surface area (Å²) in [5, 5.41) is 19.2. The highest BCUT2D eigenvalue weighted by molar-refractivity contribution is 8.76. The molecule has 4 atom stereocenters. The van der Waals surface area contributed by atoms with Crippen LogP contribution in [0.2, 0.25) is 0 Å². The van der Waals surface area contributed by atoms with Gasteiger partial charge in [-0.15, -0.1) is 0 Å². The molecule has 0 radical (unpaired) electrons. The average Bonchev–Trinajstić information content (AvgIpc) is 2.80. The monoisotopic (exact) mass is 552 g/mol. The molecule has 0 aromatic carbocycles. The number of carbonyl (C=O) groups is 4. The lowest BCUT2D eigenvalue weighted by molar-refractivity contribution is -0.163. The second-order valence-corrected chi connectivity index (χ2v) is 9.99. The van der Waals surface area contributed by atoms with Crippen LogP contribution in [0, 0.1) is 10.8 Å². The van der Waals surface area contributed by atoms with Gasteiger partial charge in [-0.3, -0.25) is 10.8 Å². The molecule has 0 spiro atoms. The van der Waals surface area contributed by atoms with Gasteiger partial charge >= 0.3 is 23.9 Å². The lowest BCUT2D eigenvalue weighted by atomic mass is 10.2. The molecular weight excluding hydrogens is 516 g/mol. The summed E-state index contributed by atoms with van der Waals surface area (Å²) in [5.74, 6) is -4.05. The average molecular weight is 553 g/mol. The molecule has 0 aliphatic carbocycles. The highest BCUT2D eigenvalue weighted by Gasteiger charge is 2.25. The molecule has 0 heterocycles. The maximum absolute atomic E-state index is 12.0. The van der Waals surface area contributed by atoms with E-state index in [1.54, 1.807) is 0 Å². The Morgan fingerprint density at radius 3 is 1.25 bits per heavy atom. The largest absolute Gasteiger partial charge is 0.391 e. The van der Waals surface area contributed by atoms with Gasteiger partial charge in [0.2, 0.25) is 0 Å². The van der Waals surface area contributed by atoms with E-state index in [1.807, 2.05) is 0 Å². The van der Waals surface area contributed by atoms with Crippen LogP contribution in [0.1, 0.15) is 25.7 Å². The molecule has 0 aromatic rings. The normalized spacial score (nSPS) is 14.0. The molecule has 206 valence electrons. The Morgan fingerprint density at radius 2 is 0.944 bits per heavy atom. The van der Waals surface area contributed by atoms with E-state index in [0.717, 1.165) is 21.6 Å². The van der Waals surface area contributed by atoms with Gasteiger partial charge in [-0.25, -0.2) is 19.2 Å². The topological polar surface area (TPSA) is 315 Å². The number of nitrogens with one attached hydrogen (secondary N) is 4. The molecule has 0 saturated heterocycles. The van der Waals surface area contributed by atoms with Crippen LogP contribution in [-0.2, 0) is 28.7 Å². The first-order chi connectivity index (χ1) is 16.8. The molecular formula is C18H36N10O6S2. The van der Waals surface area contributed by atoms with Crippen molar-refractivity contribution in [3.63, 3.8) is 0 Å². The molecule has 16 nitrogen and oxygen atoms in total. The first kappa shape index (κ1) is 33.4. The van der Waals surface area contributed by atoms with Crippen molar-refractivity contribution in [2.45, 2.75) is 49.9 Å². The molecule has 0 fully saturated rings. The van der Waals surface area contributed by atoms with Gasteiger partial charge in [-0.2, -0.15) is 0 Å². The van der Waals surface area contributed by atoms with Crippen molar-refractivity contribution in [3.8, 4) is 0 Å². The summed E-state index contributed by atoms with van der Waals surface area (Å²) in [5.41, 5.74) is 33.0. The van der Waals surface area contributed by atoms with Crippen molar-refractivity contribution >= 4 is 57.4 Å². The molecule has 0 saturated carbocycles. The lowest BCUT2D eigenvalue weighted by Crippen LogP contribution is -2.41. The van der Waals surface area contributed by atoms with Crippen molar-refractivity contribution in [3.05, 3.63) is 0 Å². The summed E-state index contributed by atoms with van der Waals surface area (Å²) in [6.45, 7) is 0.683. The maximum atomic E-state index is 12.0. The Labute approximate surface area is 216 Å². The fraction of sp³-hybridized carbons (Fsp3) is 0.667. The summed E-state index contributed by atoms with van der Waals surface area (Å²) < 4.78 is 9.35. The highest BCUT2D eigenvalue weighted by atomic mass is 33.1. The molecule has 16 N–H and O–H groups in total. The quantitative estimate of drug-likeness (QED) is 0.0207. The Hall–Kier alpha value is -2.64. The van der Waals surface area contributed by atoms with Crippen molar-refractivity contribution in [2.24, 2.45) is 34.4 Å². The number of carbonyl (C=O) groups excluding carboxylic acids is 4. The van der Waals surface area contributed by atoms with E-state index in [4.69, 9.17) is 45.2 Å². The van der Waals surface area contributed by atoms with Crippen LogP contribution in [-0.4, -0.2) is 84.6 Å². The zero-order chi connectivity index (χ0) is 27.7. The van der Waals surface area contributed by atoms with E-state index in [2.05, 4.69) is 20.1 Å². The lowest BCUT2D eigenvalue weighted by Gasteiger charge is -2.14. The van der Waals surface area contributed by atoms with Gasteiger partial charge in [0.05, 0.1) is 0 Å². The Kier molecular flexibility index (Phi) is 17.2. The number of hydrogen-bond donors (Lipinski definition) is 10. The minimum absolute atomic E-state index is 0.0500. The zero-order valence-corrected chi connectivity index (χ0v) is 21.3. The Balaban J connectivity index is 4.15. The van der Waals surface area contributed by atoms with Crippen LogP contribution in [0.3, 0.4) is 0 Å². The summed E-state index contributed by atoms with van der Waals surface area (Å²) in [4.78, 5) is 47.7. The number of rotatable bonds is 17. The van der Waals surface area contributed by atoms with E-state index in [-0.39, 0.29) is 36.3 Å². The Bertz CT molecular complexity index is 713. The SMILES string of the molecule is N=C(N)NCCC[C@H](N)C(=O)OC(=O)[C@@H](N)CSSC[C@H](N)C(=O)OC(=O)[C@@H](N)CCCNC(=N)N. The number of nitrogens with two attached hydrogens (primary N) is 6. The second-order valence-electron chi connectivity index (χ2n) is 7.44. The maximum Gasteiger partial charge on any atom is 0.331 e. The van der Waals surface area contributed by atoms with Gasteiger partial charge < -0.3 is 54.5 Å².